The van der Waals surface area contributed by atoms with Crippen LogP contribution in [0, 0.1) is 13.8 Å². The van der Waals surface area contributed by atoms with Crippen molar-refractivity contribution < 1.29 is 4.79 Å². The third-order valence-corrected chi connectivity index (χ3v) is 5.63. The smallest absolute Gasteiger partial charge is 0.255 e. The second-order valence-electron chi connectivity index (χ2n) is 7.62. The van der Waals surface area contributed by atoms with E-state index in [1.54, 1.807) is 11.0 Å². The Labute approximate surface area is 173 Å². The first-order chi connectivity index (χ1) is 14.5. The molecule has 5 rings (SSSR count). The van der Waals surface area contributed by atoms with Crippen LogP contribution in [-0.2, 0) is 13.1 Å². The third kappa shape index (κ3) is 2.95. The minimum absolute atomic E-state index is 0.125. The molecule has 30 heavy (non-hydrogen) atoms. The van der Waals surface area contributed by atoms with E-state index in [0.29, 0.717) is 18.7 Å². The number of nitrogens with zero attached hydrogens (tertiary/aromatic N) is 4. The van der Waals surface area contributed by atoms with Gasteiger partial charge < -0.3 is 14.5 Å². The van der Waals surface area contributed by atoms with Gasteiger partial charge in [0.05, 0.1) is 30.0 Å². The van der Waals surface area contributed by atoms with Gasteiger partial charge in [0.2, 0.25) is 5.56 Å². The monoisotopic (exact) mass is 399 g/mol. The molecule has 0 aliphatic carbocycles. The van der Waals surface area contributed by atoms with Gasteiger partial charge in [0.25, 0.3) is 5.91 Å². The van der Waals surface area contributed by atoms with E-state index >= 15 is 0 Å². The van der Waals surface area contributed by atoms with Crippen LogP contribution in [0.5, 0.6) is 0 Å². The van der Waals surface area contributed by atoms with Gasteiger partial charge in [-0.15, -0.1) is 0 Å². The molecule has 4 heterocycles. The van der Waals surface area contributed by atoms with E-state index in [1.807, 2.05) is 33.8 Å². The number of benzene rings is 1. The van der Waals surface area contributed by atoms with Crippen molar-refractivity contribution in [2.75, 3.05) is 0 Å². The normalized spacial score (nSPS) is 12.9. The van der Waals surface area contributed by atoms with E-state index in [-0.39, 0.29) is 11.5 Å². The summed E-state index contributed by atoms with van der Waals surface area (Å²) >= 11 is 0. The predicted molar refractivity (Wildman–Crippen MR) is 113 cm³/mol. The van der Waals surface area contributed by atoms with Crippen LogP contribution in [0.1, 0.15) is 32.7 Å². The summed E-state index contributed by atoms with van der Waals surface area (Å²) < 4.78 is 3.99. The standard InChI is InChI=1S/C23H21N5O2/c1-15-5-7-18(11-16(15)2)28-22(26-9-3-4-10-26)19-13-27(14-20(19)25-28)23(30)17-6-8-21(29)24-12-17/h3-12H,13-14H2,1-2H3,(H,24,29). The number of fused-ring (bicyclic) bond motifs is 1. The van der Waals surface area contributed by atoms with Crippen molar-refractivity contribution in [1.29, 1.82) is 0 Å². The van der Waals surface area contributed by atoms with Crippen molar-refractivity contribution in [2.24, 2.45) is 0 Å². The Hall–Kier alpha value is -3.87. The van der Waals surface area contributed by atoms with Gasteiger partial charge in [-0.3, -0.25) is 9.59 Å². The van der Waals surface area contributed by atoms with Crippen molar-refractivity contribution in [1.82, 2.24) is 24.2 Å². The molecular weight excluding hydrogens is 378 g/mol. The van der Waals surface area contributed by atoms with E-state index in [2.05, 4.69) is 37.0 Å². The number of carbonyl (C=O) groups excluding carboxylic acids is 1. The van der Waals surface area contributed by atoms with Crippen LogP contribution in [0.25, 0.3) is 11.5 Å². The molecule has 0 saturated heterocycles. The van der Waals surface area contributed by atoms with Crippen LogP contribution in [0.15, 0.2) is 65.8 Å². The maximum absolute atomic E-state index is 12.9. The van der Waals surface area contributed by atoms with Gasteiger partial charge in [-0.05, 0) is 55.3 Å². The number of aromatic amines is 1. The summed E-state index contributed by atoms with van der Waals surface area (Å²) in [4.78, 5) is 28.5. The Morgan fingerprint density at radius 2 is 1.83 bits per heavy atom. The summed E-state index contributed by atoms with van der Waals surface area (Å²) in [5, 5.41) is 4.87. The Balaban J connectivity index is 1.55. The molecule has 0 spiro atoms. The summed E-state index contributed by atoms with van der Waals surface area (Å²) in [6.45, 7) is 5.08. The number of hydrogen-bond acceptors (Lipinski definition) is 3. The number of aryl methyl sites for hydroxylation is 2. The molecule has 3 aromatic heterocycles. The van der Waals surface area contributed by atoms with E-state index in [9.17, 15) is 9.59 Å². The maximum Gasteiger partial charge on any atom is 0.255 e. The van der Waals surface area contributed by atoms with Crippen LogP contribution in [0.4, 0.5) is 0 Å². The zero-order valence-corrected chi connectivity index (χ0v) is 16.8. The number of hydrogen-bond donors (Lipinski definition) is 1. The fourth-order valence-electron chi connectivity index (χ4n) is 3.85. The molecule has 1 amide bonds. The summed E-state index contributed by atoms with van der Waals surface area (Å²) in [5.41, 5.74) is 5.59. The zero-order valence-electron chi connectivity index (χ0n) is 16.8. The van der Waals surface area contributed by atoms with Crippen LogP contribution in [0.2, 0.25) is 0 Å². The van der Waals surface area contributed by atoms with Crippen LogP contribution in [-0.4, -0.2) is 30.1 Å². The molecule has 0 atom stereocenters. The van der Waals surface area contributed by atoms with Crippen molar-refractivity contribution in [3.8, 4) is 11.5 Å². The van der Waals surface area contributed by atoms with Crippen molar-refractivity contribution in [3.63, 3.8) is 0 Å². The van der Waals surface area contributed by atoms with Crippen LogP contribution >= 0.6 is 0 Å². The number of nitrogens with one attached hydrogen (secondary N) is 1. The topological polar surface area (TPSA) is 75.9 Å². The highest BCUT2D eigenvalue weighted by Gasteiger charge is 2.32. The van der Waals surface area contributed by atoms with Gasteiger partial charge in [0, 0.05) is 30.2 Å². The molecule has 150 valence electrons. The lowest BCUT2D eigenvalue weighted by Gasteiger charge is -2.17. The molecule has 1 N–H and O–H groups in total. The number of rotatable bonds is 3. The summed E-state index contributed by atoms with van der Waals surface area (Å²) in [6, 6.07) is 13.2. The summed E-state index contributed by atoms with van der Waals surface area (Å²) in [7, 11) is 0. The molecular formula is C23H21N5O2. The van der Waals surface area contributed by atoms with Gasteiger partial charge in [-0.2, -0.15) is 5.10 Å². The second-order valence-corrected chi connectivity index (χ2v) is 7.62. The first-order valence-corrected chi connectivity index (χ1v) is 9.81. The minimum Gasteiger partial charge on any atom is -0.328 e. The van der Waals surface area contributed by atoms with Gasteiger partial charge in [-0.1, -0.05) is 6.07 Å². The van der Waals surface area contributed by atoms with Crippen LogP contribution in [0.3, 0.4) is 0 Å². The third-order valence-electron chi connectivity index (χ3n) is 5.63. The zero-order chi connectivity index (χ0) is 20.8. The van der Waals surface area contributed by atoms with Crippen LogP contribution < -0.4 is 5.56 Å². The second kappa shape index (κ2) is 6.88. The molecule has 1 aliphatic rings. The van der Waals surface area contributed by atoms with Crippen molar-refractivity contribution >= 4 is 5.91 Å². The number of aromatic nitrogens is 4. The Morgan fingerprint density at radius 3 is 2.53 bits per heavy atom. The number of pyridine rings is 1. The molecule has 7 heteroatoms. The maximum atomic E-state index is 12.9. The fraction of sp³-hybridized carbons (Fsp3) is 0.174. The van der Waals surface area contributed by atoms with E-state index in [1.165, 1.54) is 23.4 Å². The molecule has 4 aromatic rings. The lowest BCUT2D eigenvalue weighted by molar-refractivity contribution is 0.0748. The fourth-order valence-corrected chi connectivity index (χ4v) is 3.85. The summed E-state index contributed by atoms with van der Waals surface area (Å²) in [5.74, 6) is 0.815. The first-order valence-electron chi connectivity index (χ1n) is 9.81. The highest BCUT2D eigenvalue weighted by molar-refractivity contribution is 5.94. The molecule has 0 fully saturated rings. The molecule has 7 nitrogen and oxygen atoms in total. The van der Waals surface area contributed by atoms with E-state index in [4.69, 9.17) is 5.10 Å². The Morgan fingerprint density at radius 1 is 1.03 bits per heavy atom. The van der Waals surface area contributed by atoms with Gasteiger partial charge >= 0.3 is 0 Å². The quantitative estimate of drug-likeness (QED) is 0.575. The highest BCUT2D eigenvalue weighted by atomic mass is 16.2. The summed E-state index contributed by atoms with van der Waals surface area (Å²) in [6.07, 6.45) is 5.44. The lowest BCUT2D eigenvalue weighted by atomic mass is 10.1. The van der Waals surface area contributed by atoms with E-state index in [0.717, 1.165) is 22.8 Å². The average molecular weight is 399 g/mol. The predicted octanol–water partition coefficient (Wildman–Crippen LogP) is 3.12. The van der Waals surface area contributed by atoms with Gasteiger partial charge in [0.15, 0.2) is 0 Å². The molecule has 1 aliphatic heterocycles. The van der Waals surface area contributed by atoms with E-state index < -0.39 is 0 Å². The van der Waals surface area contributed by atoms with Gasteiger partial charge in [0.1, 0.15) is 5.82 Å². The lowest BCUT2D eigenvalue weighted by Crippen LogP contribution is -2.27. The molecule has 0 saturated carbocycles. The Kier molecular flexibility index (Phi) is 4.17. The van der Waals surface area contributed by atoms with Crippen molar-refractivity contribution in [2.45, 2.75) is 26.9 Å². The highest BCUT2D eigenvalue weighted by Crippen LogP contribution is 2.31. The average Bonchev–Trinajstić information content (AvgIpc) is 3.46. The largest absolute Gasteiger partial charge is 0.328 e. The Bertz CT molecular complexity index is 1290. The number of H-pyrrole nitrogens is 1. The SMILES string of the molecule is Cc1ccc(-n2nc3c(c2-n2cccc2)CN(C(=O)c2ccc(=O)[nH]c2)C3)cc1C. The van der Waals surface area contributed by atoms with Crippen molar-refractivity contribution in [3.05, 3.63) is 99.4 Å². The molecule has 0 radical (unpaired) electrons. The molecule has 1 aromatic carbocycles. The number of amides is 1. The number of carbonyl (C=O) groups is 1. The minimum atomic E-state index is -0.226. The molecule has 0 bridgehead atoms. The van der Waals surface area contributed by atoms with Gasteiger partial charge in [-0.25, -0.2) is 4.68 Å². The first kappa shape index (κ1) is 18.2. The molecule has 0 unspecified atom stereocenters.